The van der Waals surface area contributed by atoms with Gasteiger partial charge in [0.1, 0.15) is 0 Å². The van der Waals surface area contributed by atoms with Gasteiger partial charge in [0, 0.05) is 0 Å². The van der Waals surface area contributed by atoms with Gasteiger partial charge in [-0.1, -0.05) is 35.9 Å². The van der Waals surface area contributed by atoms with Crippen LogP contribution in [0.2, 0.25) is 0 Å². The summed E-state index contributed by atoms with van der Waals surface area (Å²) in [5, 5.41) is 0. The second kappa shape index (κ2) is 3.28. The third-order valence-corrected chi connectivity index (χ3v) is 1.16. The van der Waals surface area contributed by atoms with E-state index in [-0.39, 0.29) is 0 Å². The van der Waals surface area contributed by atoms with E-state index in [0.717, 1.165) is 5.56 Å². The van der Waals surface area contributed by atoms with Crippen LogP contribution in [-0.2, 0) is 6.32 Å². The highest BCUT2D eigenvalue weighted by Crippen LogP contribution is 1.97. The maximum atomic E-state index is 11.6. The first kappa shape index (κ1) is 6.34. The first-order valence-corrected chi connectivity index (χ1v) is 2.89. The smallest absolute Gasteiger partial charge is 0.342 e. The van der Waals surface area contributed by atoms with Crippen molar-refractivity contribution in [2.24, 2.45) is 0 Å². The van der Waals surface area contributed by atoms with E-state index in [4.69, 9.17) is 0 Å². The van der Waals surface area contributed by atoms with Crippen molar-refractivity contribution in [3.05, 3.63) is 35.9 Å². The van der Waals surface area contributed by atoms with Crippen LogP contribution < -0.4 is 0 Å². The molecule has 0 saturated heterocycles. The lowest BCUT2D eigenvalue weighted by atomic mass is 9.93. The highest BCUT2D eigenvalue weighted by molar-refractivity contribution is 6.25. The molecule has 0 unspecified atom stereocenters. The van der Waals surface area contributed by atoms with Crippen molar-refractivity contribution in [3.63, 3.8) is 0 Å². The summed E-state index contributed by atoms with van der Waals surface area (Å²) in [5.74, 6) is 0. The van der Waals surface area contributed by atoms with Crippen LogP contribution in [0.3, 0.4) is 0 Å². The minimum atomic E-state index is 0.418. The van der Waals surface area contributed by atoms with E-state index < -0.39 is 0 Å². The Balaban J connectivity index is 2.61. The maximum Gasteiger partial charge on any atom is 0.359 e. The summed E-state index contributed by atoms with van der Waals surface area (Å²) in [6.07, 6.45) is 0.418. The van der Waals surface area contributed by atoms with Crippen LogP contribution >= 0.6 is 0 Å². The molecule has 1 rings (SSSR count). The van der Waals surface area contributed by atoms with Crippen molar-refractivity contribution >= 4 is 7.56 Å². The first-order valence-electron chi connectivity index (χ1n) is 2.89. The molecule has 1 aromatic carbocycles. The van der Waals surface area contributed by atoms with Crippen LogP contribution in [-0.4, -0.2) is 7.56 Å². The van der Waals surface area contributed by atoms with Gasteiger partial charge in [-0.2, -0.15) is 0 Å². The van der Waals surface area contributed by atoms with Crippen LogP contribution in [0.15, 0.2) is 30.3 Å². The quantitative estimate of drug-likeness (QED) is 0.523. The monoisotopic (exact) mass is 121 g/mol. The Hall–Kier alpha value is -0.785. The predicted molar refractivity (Wildman–Crippen MR) is 37.0 cm³/mol. The topological polar surface area (TPSA) is 0 Å². The molecule has 0 spiro atoms. The van der Waals surface area contributed by atoms with Gasteiger partial charge in [0.25, 0.3) is 0 Å². The van der Waals surface area contributed by atoms with E-state index >= 15 is 0 Å². The first-order chi connectivity index (χ1) is 4.43. The van der Waals surface area contributed by atoms with Crippen molar-refractivity contribution in [1.82, 2.24) is 0 Å². The maximum absolute atomic E-state index is 11.6. The van der Waals surface area contributed by atoms with Crippen LogP contribution in [0, 0.1) is 0 Å². The Morgan fingerprint density at radius 1 is 1.22 bits per heavy atom. The van der Waals surface area contributed by atoms with Gasteiger partial charge in [0.15, 0.2) is 0 Å². The Bertz CT molecular complexity index is 162. The van der Waals surface area contributed by atoms with Gasteiger partial charge in [0.05, 0.1) is 0 Å². The summed E-state index contributed by atoms with van der Waals surface area (Å²) in [4.78, 5) is 0. The van der Waals surface area contributed by atoms with Gasteiger partial charge in [-0.3, -0.25) is 0 Å². The molecule has 0 atom stereocenters. The van der Waals surface area contributed by atoms with E-state index in [1.807, 2.05) is 30.3 Å². The zero-order chi connectivity index (χ0) is 6.53. The molecule has 0 amide bonds. The molecule has 0 heterocycles. The second-order valence-corrected chi connectivity index (χ2v) is 1.84. The van der Waals surface area contributed by atoms with E-state index in [9.17, 15) is 4.32 Å². The Morgan fingerprint density at radius 2 is 1.89 bits per heavy atom. The fourth-order valence-electron chi connectivity index (χ4n) is 0.703. The predicted octanol–water partition coefficient (Wildman–Crippen LogP) is 1.78. The molecule has 1 aromatic rings. The molecule has 0 aliphatic carbocycles. The molecule has 9 heavy (non-hydrogen) atoms. The summed E-state index contributed by atoms with van der Waals surface area (Å²) in [5.41, 5.74) is 1.01. The fraction of sp³-hybridized carbons (Fsp3) is 0.143. The average molecular weight is 121 g/mol. The van der Waals surface area contributed by atoms with Crippen LogP contribution in [0.4, 0.5) is 4.32 Å². The van der Waals surface area contributed by atoms with E-state index in [0.29, 0.717) is 13.9 Å². The Morgan fingerprint density at radius 3 is 2.44 bits per heavy atom. The molecule has 0 N–H and O–H groups in total. The molecule has 0 aromatic heterocycles. The van der Waals surface area contributed by atoms with Gasteiger partial charge >= 0.3 is 7.56 Å². The highest BCUT2D eigenvalue weighted by atomic mass is 19.1. The molecule has 1 radical (unpaired) electrons. The van der Waals surface area contributed by atoms with Gasteiger partial charge in [0.2, 0.25) is 0 Å². The lowest BCUT2D eigenvalue weighted by Gasteiger charge is -1.90. The molecule has 0 aliphatic heterocycles. The van der Waals surface area contributed by atoms with Gasteiger partial charge in [-0.15, -0.1) is 0 Å². The van der Waals surface area contributed by atoms with E-state index in [1.165, 1.54) is 0 Å². The fourth-order valence-corrected chi connectivity index (χ4v) is 0.703. The minimum Gasteiger partial charge on any atom is -0.342 e. The minimum absolute atomic E-state index is 0.418. The van der Waals surface area contributed by atoms with Crippen molar-refractivity contribution in [2.75, 3.05) is 0 Å². The molecule has 0 saturated carbocycles. The average Bonchev–Trinajstić information content (AvgIpc) is 1.91. The van der Waals surface area contributed by atoms with Crippen molar-refractivity contribution in [3.8, 4) is 0 Å². The zero-order valence-electron chi connectivity index (χ0n) is 5.05. The number of hydrogen-bond acceptors (Lipinski definition) is 0. The molecule has 0 fully saturated rings. The Labute approximate surface area is 55.0 Å². The number of hydrogen-bond donors (Lipinski definition) is 0. The SMILES string of the molecule is F[B]Cc1ccccc1. The third kappa shape index (κ3) is 1.88. The molecular weight excluding hydrogens is 114 g/mol. The summed E-state index contributed by atoms with van der Waals surface area (Å²) in [6.45, 7) is 0. The van der Waals surface area contributed by atoms with Gasteiger partial charge in [-0.25, -0.2) is 0 Å². The van der Waals surface area contributed by atoms with Gasteiger partial charge in [-0.05, 0) is 6.32 Å². The highest BCUT2D eigenvalue weighted by Gasteiger charge is 1.90. The third-order valence-electron chi connectivity index (χ3n) is 1.16. The van der Waals surface area contributed by atoms with E-state index in [1.54, 1.807) is 0 Å². The summed E-state index contributed by atoms with van der Waals surface area (Å²) < 4.78 is 11.6. The molecule has 45 valence electrons. The lowest BCUT2D eigenvalue weighted by molar-refractivity contribution is 0.859. The van der Waals surface area contributed by atoms with Crippen molar-refractivity contribution in [1.29, 1.82) is 0 Å². The van der Waals surface area contributed by atoms with Crippen LogP contribution in [0.5, 0.6) is 0 Å². The largest absolute Gasteiger partial charge is 0.359 e. The zero-order valence-corrected chi connectivity index (χ0v) is 5.05. The summed E-state index contributed by atoms with van der Waals surface area (Å²) >= 11 is 0. The van der Waals surface area contributed by atoms with E-state index in [2.05, 4.69) is 0 Å². The van der Waals surface area contributed by atoms with Crippen molar-refractivity contribution in [2.45, 2.75) is 6.32 Å². The molecule has 0 bridgehead atoms. The van der Waals surface area contributed by atoms with Gasteiger partial charge < -0.3 is 4.32 Å². The normalized spacial score (nSPS) is 9.00. The molecule has 0 nitrogen and oxygen atoms in total. The van der Waals surface area contributed by atoms with Crippen LogP contribution in [0.25, 0.3) is 0 Å². The second-order valence-electron chi connectivity index (χ2n) is 1.84. The van der Waals surface area contributed by atoms with Crippen molar-refractivity contribution < 1.29 is 4.32 Å². The molecule has 0 aliphatic rings. The number of halogens is 1. The number of benzene rings is 1. The van der Waals surface area contributed by atoms with Crippen LogP contribution in [0.1, 0.15) is 5.56 Å². The summed E-state index contributed by atoms with van der Waals surface area (Å²) in [6, 6.07) is 9.52. The Kier molecular flexibility index (Phi) is 2.31. The number of rotatable bonds is 2. The molecular formula is C7H7BF. The lowest BCUT2D eigenvalue weighted by Crippen LogP contribution is -1.87. The standard InChI is InChI=1S/C7H7BF/c9-8-6-7-4-2-1-3-5-7/h1-5H,6H2. The molecule has 2 heteroatoms. The summed E-state index contributed by atoms with van der Waals surface area (Å²) in [7, 11) is 0.662.